The Hall–Kier alpha value is -2.08. The van der Waals surface area contributed by atoms with Crippen LogP contribution >= 0.6 is 23.2 Å². The molecular weight excluding hydrogens is 389 g/mol. The monoisotopic (exact) mass is 407 g/mol. The van der Waals surface area contributed by atoms with Crippen LogP contribution in [0.15, 0.2) is 42.5 Å². The highest BCUT2D eigenvalue weighted by Crippen LogP contribution is 2.35. The second kappa shape index (κ2) is 8.74. The summed E-state index contributed by atoms with van der Waals surface area (Å²) in [5, 5.41) is 9.95. The molecule has 1 aliphatic heterocycles. The maximum atomic E-state index is 12.6. The Morgan fingerprint density at radius 3 is 2.52 bits per heavy atom. The van der Waals surface area contributed by atoms with Gasteiger partial charge in [0.2, 0.25) is 0 Å². The lowest BCUT2D eigenvalue weighted by atomic mass is 10.0. The Labute approximate surface area is 167 Å². The summed E-state index contributed by atoms with van der Waals surface area (Å²) in [7, 11) is 0. The zero-order valence-electron chi connectivity index (χ0n) is 14.5. The first kappa shape index (κ1) is 19.7. The lowest BCUT2D eigenvalue weighted by Crippen LogP contribution is -2.34. The van der Waals surface area contributed by atoms with E-state index in [4.69, 9.17) is 33.0 Å². The average molecular weight is 408 g/mol. The van der Waals surface area contributed by atoms with Crippen LogP contribution < -0.4 is 0 Å². The number of aliphatic hydroxyl groups excluding tert-OH is 1. The molecule has 0 spiro atoms. The van der Waals surface area contributed by atoms with E-state index < -0.39 is 5.97 Å². The van der Waals surface area contributed by atoms with Crippen LogP contribution in [0.25, 0.3) is 0 Å². The number of hydrogen-bond donors (Lipinski definition) is 1. The van der Waals surface area contributed by atoms with Crippen LogP contribution in [0.3, 0.4) is 0 Å². The van der Waals surface area contributed by atoms with Crippen molar-refractivity contribution in [1.82, 2.24) is 4.90 Å². The first-order valence-corrected chi connectivity index (χ1v) is 9.36. The number of esters is 1. The first-order chi connectivity index (χ1) is 13.0. The second-order valence-corrected chi connectivity index (χ2v) is 7.16. The van der Waals surface area contributed by atoms with Gasteiger partial charge in [-0.1, -0.05) is 41.4 Å². The molecule has 0 saturated carbocycles. The summed E-state index contributed by atoms with van der Waals surface area (Å²) in [6, 6.07) is 11.7. The van der Waals surface area contributed by atoms with Crippen molar-refractivity contribution in [2.75, 3.05) is 13.2 Å². The Bertz CT molecular complexity index is 838. The fourth-order valence-corrected chi connectivity index (χ4v) is 3.48. The lowest BCUT2D eigenvalue weighted by Gasteiger charge is -2.25. The van der Waals surface area contributed by atoms with Crippen molar-refractivity contribution in [1.29, 1.82) is 0 Å². The molecule has 1 N–H and O–H groups in total. The van der Waals surface area contributed by atoms with Gasteiger partial charge in [0, 0.05) is 6.54 Å². The van der Waals surface area contributed by atoms with Gasteiger partial charge in [0.25, 0.3) is 5.91 Å². The highest BCUT2D eigenvalue weighted by atomic mass is 35.5. The highest BCUT2D eigenvalue weighted by Gasteiger charge is 2.30. The molecule has 27 heavy (non-hydrogen) atoms. The third-order valence-corrected chi connectivity index (χ3v) is 5.34. The number of amides is 1. The molecular formula is C20H19Cl2NO4. The summed E-state index contributed by atoms with van der Waals surface area (Å²) in [6.45, 7) is 0.184. The predicted octanol–water partition coefficient (Wildman–Crippen LogP) is 4.01. The van der Waals surface area contributed by atoms with E-state index in [0.29, 0.717) is 27.7 Å². The fourth-order valence-electron chi connectivity index (χ4n) is 3.17. The molecule has 1 amide bonds. The third kappa shape index (κ3) is 4.61. The molecule has 1 fully saturated rings. The predicted molar refractivity (Wildman–Crippen MR) is 103 cm³/mol. The van der Waals surface area contributed by atoms with Crippen LogP contribution in [0.4, 0.5) is 0 Å². The van der Waals surface area contributed by atoms with E-state index >= 15 is 0 Å². The molecule has 3 rings (SSSR count). The molecule has 1 atom stereocenters. The van der Waals surface area contributed by atoms with Gasteiger partial charge in [0.05, 0.1) is 28.3 Å². The van der Waals surface area contributed by atoms with Crippen LogP contribution in [0.5, 0.6) is 0 Å². The van der Waals surface area contributed by atoms with E-state index in [1.807, 2.05) is 6.07 Å². The molecule has 142 valence electrons. The number of carbonyl (C=O) groups excluding carboxylic acids is 2. The summed E-state index contributed by atoms with van der Waals surface area (Å²) >= 11 is 12.1. The summed E-state index contributed by atoms with van der Waals surface area (Å²) in [4.78, 5) is 26.4. The Morgan fingerprint density at radius 1 is 1.11 bits per heavy atom. The van der Waals surface area contributed by atoms with Gasteiger partial charge in [-0.05, 0) is 48.2 Å². The van der Waals surface area contributed by atoms with E-state index in [9.17, 15) is 9.59 Å². The van der Waals surface area contributed by atoms with Gasteiger partial charge in [-0.2, -0.15) is 0 Å². The fraction of sp³-hybridized carbons (Fsp3) is 0.300. The zero-order chi connectivity index (χ0) is 19.4. The van der Waals surface area contributed by atoms with Crippen molar-refractivity contribution in [3.63, 3.8) is 0 Å². The van der Waals surface area contributed by atoms with E-state index in [1.165, 1.54) is 0 Å². The van der Waals surface area contributed by atoms with Gasteiger partial charge in [-0.15, -0.1) is 0 Å². The van der Waals surface area contributed by atoms with Gasteiger partial charge < -0.3 is 14.7 Å². The molecule has 2 aromatic rings. The summed E-state index contributed by atoms with van der Waals surface area (Å²) in [5.41, 5.74) is 1.95. The number of likely N-dealkylation sites (tertiary alicyclic amines) is 1. The minimum absolute atomic E-state index is 0.0983. The number of halogens is 2. The van der Waals surface area contributed by atoms with Gasteiger partial charge in [-0.25, -0.2) is 4.79 Å². The highest BCUT2D eigenvalue weighted by molar-refractivity contribution is 6.42. The van der Waals surface area contributed by atoms with Crippen LogP contribution in [0.1, 0.15) is 40.4 Å². The Morgan fingerprint density at radius 2 is 1.85 bits per heavy atom. The van der Waals surface area contributed by atoms with Crippen molar-refractivity contribution in [3.8, 4) is 0 Å². The van der Waals surface area contributed by atoms with Crippen LogP contribution in [0.2, 0.25) is 10.0 Å². The molecule has 1 saturated heterocycles. The third-order valence-electron chi connectivity index (χ3n) is 4.60. The Kier molecular flexibility index (Phi) is 6.37. The van der Waals surface area contributed by atoms with Gasteiger partial charge in [0.1, 0.15) is 0 Å². The topological polar surface area (TPSA) is 66.8 Å². The SMILES string of the molecule is O=C(OCC(=O)N1CCC[C@H]1c1ccc(Cl)c(Cl)c1)c1ccc(CO)cc1. The zero-order valence-corrected chi connectivity index (χ0v) is 16.0. The first-order valence-electron chi connectivity index (χ1n) is 8.61. The van der Waals surface area contributed by atoms with E-state index in [0.717, 1.165) is 18.4 Å². The molecule has 0 radical (unpaired) electrons. The number of rotatable bonds is 5. The van der Waals surface area contributed by atoms with Crippen molar-refractivity contribution >= 4 is 35.1 Å². The van der Waals surface area contributed by atoms with Gasteiger partial charge in [-0.3, -0.25) is 4.79 Å². The van der Waals surface area contributed by atoms with Crippen LogP contribution in [-0.2, 0) is 16.1 Å². The summed E-state index contributed by atoms with van der Waals surface area (Å²) in [6.07, 6.45) is 1.69. The average Bonchev–Trinajstić information content (AvgIpc) is 3.18. The molecule has 0 aromatic heterocycles. The quantitative estimate of drug-likeness (QED) is 0.760. The van der Waals surface area contributed by atoms with E-state index in [2.05, 4.69) is 0 Å². The molecule has 7 heteroatoms. The molecule has 1 heterocycles. The van der Waals surface area contributed by atoms with E-state index in [-0.39, 0.29) is 25.2 Å². The van der Waals surface area contributed by atoms with Crippen molar-refractivity contribution < 1.29 is 19.4 Å². The number of benzene rings is 2. The number of nitrogens with zero attached hydrogens (tertiary/aromatic N) is 1. The van der Waals surface area contributed by atoms with Gasteiger partial charge in [0.15, 0.2) is 6.61 Å². The molecule has 0 aliphatic carbocycles. The van der Waals surface area contributed by atoms with Crippen molar-refractivity contribution in [2.24, 2.45) is 0 Å². The van der Waals surface area contributed by atoms with Crippen molar-refractivity contribution in [2.45, 2.75) is 25.5 Å². The number of hydrogen-bond acceptors (Lipinski definition) is 4. The molecule has 5 nitrogen and oxygen atoms in total. The largest absolute Gasteiger partial charge is 0.452 e. The summed E-state index contributed by atoms with van der Waals surface area (Å²) in [5.74, 6) is -0.818. The normalized spacial score (nSPS) is 16.4. The smallest absolute Gasteiger partial charge is 0.338 e. The summed E-state index contributed by atoms with van der Waals surface area (Å²) < 4.78 is 5.16. The Balaban J connectivity index is 1.62. The standard InChI is InChI=1S/C20H19Cl2NO4/c21-16-8-7-15(10-17(16)22)18-2-1-9-23(18)19(25)12-27-20(26)14-5-3-13(11-24)4-6-14/h3-8,10,18,24H,1-2,9,11-12H2/t18-/m0/s1. The van der Waals surface area contributed by atoms with Crippen LogP contribution in [-0.4, -0.2) is 35.0 Å². The van der Waals surface area contributed by atoms with Crippen LogP contribution in [0, 0.1) is 0 Å². The van der Waals surface area contributed by atoms with Crippen molar-refractivity contribution in [3.05, 3.63) is 69.2 Å². The number of carbonyl (C=O) groups is 2. The number of aliphatic hydroxyl groups is 1. The maximum absolute atomic E-state index is 12.6. The minimum Gasteiger partial charge on any atom is -0.452 e. The van der Waals surface area contributed by atoms with Gasteiger partial charge >= 0.3 is 5.97 Å². The maximum Gasteiger partial charge on any atom is 0.338 e. The minimum atomic E-state index is -0.571. The van der Waals surface area contributed by atoms with E-state index in [1.54, 1.807) is 41.3 Å². The number of ether oxygens (including phenoxy) is 1. The molecule has 0 bridgehead atoms. The molecule has 2 aromatic carbocycles. The molecule has 0 unspecified atom stereocenters. The second-order valence-electron chi connectivity index (χ2n) is 6.35. The lowest BCUT2D eigenvalue weighted by molar-refractivity contribution is -0.135. The molecule has 1 aliphatic rings.